The Morgan fingerprint density at radius 3 is 2.33 bits per heavy atom. The predicted octanol–water partition coefficient (Wildman–Crippen LogP) is 3.00. The lowest BCUT2D eigenvalue weighted by Gasteiger charge is -2.16. The van der Waals surface area contributed by atoms with Crippen molar-refractivity contribution in [1.82, 2.24) is 4.90 Å². The molecule has 1 radical (unpaired) electrons. The van der Waals surface area contributed by atoms with E-state index in [0.717, 1.165) is 18.6 Å². The minimum Gasteiger partial charge on any atom is -0.338 e. The highest BCUT2D eigenvalue weighted by Gasteiger charge is 2.31. The Morgan fingerprint density at radius 2 is 1.89 bits per heavy atom. The van der Waals surface area contributed by atoms with Crippen LogP contribution in [0.4, 0.5) is 13.2 Å². The quantitative estimate of drug-likeness (QED) is 0.756. The number of likely N-dealkylation sites (tertiary alicyclic amines) is 1. The number of hydrogen-bond acceptors (Lipinski definition) is 1. The highest BCUT2D eigenvalue weighted by atomic mass is 19.4. The molecule has 0 spiro atoms. The van der Waals surface area contributed by atoms with Gasteiger partial charge in [0.25, 0.3) is 5.91 Å². The van der Waals surface area contributed by atoms with E-state index in [2.05, 4.69) is 6.92 Å². The van der Waals surface area contributed by atoms with Crippen LogP contribution in [-0.4, -0.2) is 23.9 Å². The fourth-order valence-corrected chi connectivity index (χ4v) is 2.00. The van der Waals surface area contributed by atoms with Crippen LogP contribution in [0.2, 0.25) is 0 Å². The van der Waals surface area contributed by atoms with E-state index in [1.807, 2.05) is 0 Å². The fourth-order valence-electron chi connectivity index (χ4n) is 2.00. The average Bonchev–Trinajstić information content (AvgIpc) is 2.74. The molecule has 97 valence electrons. The zero-order valence-corrected chi connectivity index (χ0v) is 9.70. The van der Waals surface area contributed by atoms with Crippen molar-refractivity contribution >= 4 is 5.91 Å². The van der Waals surface area contributed by atoms with E-state index >= 15 is 0 Å². The maximum atomic E-state index is 12.4. The lowest BCUT2D eigenvalue weighted by molar-refractivity contribution is -0.137. The summed E-state index contributed by atoms with van der Waals surface area (Å²) in [5.41, 5.74) is -0.451. The van der Waals surface area contributed by atoms with E-state index in [-0.39, 0.29) is 17.4 Å². The Kier molecular flexibility index (Phi) is 3.32. The third kappa shape index (κ3) is 2.66. The van der Waals surface area contributed by atoms with Crippen LogP contribution in [0.3, 0.4) is 0 Å². The molecule has 0 unspecified atom stereocenters. The maximum Gasteiger partial charge on any atom is 0.416 e. The topological polar surface area (TPSA) is 20.3 Å². The smallest absolute Gasteiger partial charge is 0.338 e. The maximum absolute atomic E-state index is 12.4. The molecule has 1 aromatic carbocycles. The van der Waals surface area contributed by atoms with Crippen molar-refractivity contribution in [2.75, 3.05) is 13.1 Å². The largest absolute Gasteiger partial charge is 0.416 e. The Balaban J connectivity index is 2.12. The normalized spacial score (nSPS) is 20.2. The zero-order chi connectivity index (χ0) is 13.3. The van der Waals surface area contributed by atoms with Gasteiger partial charge in [-0.2, -0.15) is 13.2 Å². The van der Waals surface area contributed by atoms with Crippen molar-refractivity contribution in [3.63, 3.8) is 0 Å². The summed E-state index contributed by atoms with van der Waals surface area (Å²) in [6.45, 7) is 5.06. The Hall–Kier alpha value is -1.52. The summed E-state index contributed by atoms with van der Waals surface area (Å²) < 4.78 is 37.1. The number of alkyl halides is 3. The Bertz CT molecular complexity index is 439. The highest BCUT2D eigenvalue weighted by Crippen LogP contribution is 2.29. The van der Waals surface area contributed by atoms with Gasteiger partial charge in [0.2, 0.25) is 0 Å². The molecule has 1 atom stereocenters. The van der Waals surface area contributed by atoms with Crippen molar-refractivity contribution in [2.45, 2.75) is 12.6 Å². The number of carbonyl (C=O) groups excluding carboxylic acids is 1. The second kappa shape index (κ2) is 4.63. The summed E-state index contributed by atoms with van der Waals surface area (Å²) >= 11 is 0. The van der Waals surface area contributed by atoms with Crippen LogP contribution in [0, 0.1) is 12.8 Å². The first-order chi connectivity index (χ1) is 8.38. The Labute approximate surface area is 103 Å². The van der Waals surface area contributed by atoms with E-state index in [1.54, 1.807) is 4.90 Å². The number of hydrogen-bond donors (Lipinski definition) is 0. The first-order valence-electron chi connectivity index (χ1n) is 5.67. The first-order valence-corrected chi connectivity index (χ1v) is 5.67. The third-order valence-electron chi connectivity index (χ3n) is 3.03. The number of amides is 1. The van der Waals surface area contributed by atoms with Gasteiger partial charge in [-0.15, -0.1) is 0 Å². The van der Waals surface area contributed by atoms with Crippen LogP contribution in [0.15, 0.2) is 24.3 Å². The summed E-state index contributed by atoms with van der Waals surface area (Å²) in [7, 11) is 0. The van der Waals surface area contributed by atoms with E-state index < -0.39 is 11.7 Å². The standard InChI is InChI=1S/C13H13F3NO/c1-9-6-7-17(8-9)12(18)10-2-4-11(5-3-10)13(14,15)16/h2-5,9H,1,6-8H2/t9-/m0/s1. The van der Waals surface area contributed by atoms with Crippen LogP contribution >= 0.6 is 0 Å². The van der Waals surface area contributed by atoms with Crippen molar-refractivity contribution in [3.05, 3.63) is 42.3 Å². The third-order valence-corrected chi connectivity index (χ3v) is 3.03. The van der Waals surface area contributed by atoms with Crippen LogP contribution < -0.4 is 0 Å². The van der Waals surface area contributed by atoms with E-state index in [9.17, 15) is 18.0 Å². The molecule has 0 bridgehead atoms. The molecular formula is C13H13F3NO. The monoisotopic (exact) mass is 256 g/mol. The van der Waals surface area contributed by atoms with E-state index in [4.69, 9.17) is 0 Å². The van der Waals surface area contributed by atoms with Gasteiger partial charge in [0.1, 0.15) is 0 Å². The molecule has 1 aliphatic heterocycles. The molecule has 1 saturated heterocycles. The lowest BCUT2D eigenvalue weighted by atomic mass is 10.1. The average molecular weight is 256 g/mol. The Morgan fingerprint density at radius 1 is 1.28 bits per heavy atom. The molecule has 2 nitrogen and oxygen atoms in total. The van der Waals surface area contributed by atoms with Crippen LogP contribution in [0.5, 0.6) is 0 Å². The SMILES string of the molecule is [CH2][C@H]1CCN(C(=O)c2ccc(C(F)(F)F)cc2)C1. The minimum absolute atomic E-state index is 0.211. The molecular weight excluding hydrogens is 243 g/mol. The van der Waals surface area contributed by atoms with E-state index in [1.165, 1.54) is 12.1 Å². The summed E-state index contributed by atoms with van der Waals surface area (Å²) in [5.74, 6) is -0.0155. The van der Waals surface area contributed by atoms with Gasteiger partial charge in [-0.1, -0.05) is 0 Å². The minimum atomic E-state index is -4.37. The molecule has 1 aromatic rings. The predicted molar refractivity (Wildman–Crippen MR) is 60.8 cm³/mol. The van der Waals surface area contributed by atoms with Gasteiger partial charge in [0.05, 0.1) is 5.56 Å². The molecule has 0 aliphatic carbocycles. The molecule has 1 amide bonds. The molecule has 18 heavy (non-hydrogen) atoms. The number of nitrogens with zero attached hydrogens (tertiary/aromatic N) is 1. The van der Waals surface area contributed by atoms with Crippen LogP contribution in [0.1, 0.15) is 22.3 Å². The summed E-state index contributed by atoms with van der Waals surface area (Å²) in [6.07, 6.45) is -3.53. The highest BCUT2D eigenvalue weighted by molar-refractivity contribution is 5.94. The van der Waals surface area contributed by atoms with Gasteiger partial charge in [-0.25, -0.2) is 0 Å². The van der Waals surface area contributed by atoms with Gasteiger partial charge >= 0.3 is 6.18 Å². The van der Waals surface area contributed by atoms with Gasteiger partial charge < -0.3 is 4.90 Å². The lowest BCUT2D eigenvalue weighted by Crippen LogP contribution is -2.28. The van der Waals surface area contributed by atoms with Crippen molar-refractivity contribution in [2.24, 2.45) is 5.92 Å². The summed E-state index contributed by atoms with van der Waals surface area (Å²) in [5, 5.41) is 0. The molecule has 2 rings (SSSR count). The zero-order valence-electron chi connectivity index (χ0n) is 9.70. The van der Waals surface area contributed by atoms with Gasteiger partial charge in [0.15, 0.2) is 0 Å². The number of carbonyl (C=O) groups is 1. The number of rotatable bonds is 1. The van der Waals surface area contributed by atoms with Crippen molar-refractivity contribution in [3.8, 4) is 0 Å². The molecule has 5 heteroatoms. The molecule has 0 N–H and O–H groups in total. The van der Waals surface area contributed by atoms with Crippen molar-refractivity contribution in [1.29, 1.82) is 0 Å². The second-order valence-electron chi connectivity index (χ2n) is 4.48. The van der Waals surface area contributed by atoms with E-state index in [0.29, 0.717) is 13.1 Å². The van der Waals surface area contributed by atoms with Gasteiger partial charge in [-0.05, 0) is 43.5 Å². The van der Waals surface area contributed by atoms with Crippen LogP contribution in [0.25, 0.3) is 0 Å². The first kappa shape index (κ1) is 12.9. The summed E-state index contributed by atoms with van der Waals surface area (Å²) in [4.78, 5) is 13.6. The number of benzene rings is 1. The van der Waals surface area contributed by atoms with Crippen molar-refractivity contribution < 1.29 is 18.0 Å². The molecule has 1 aliphatic rings. The molecule has 1 heterocycles. The summed E-state index contributed by atoms with van der Waals surface area (Å²) in [6, 6.07) is 4.32. The second-order valence-corrected chi connectivity index (χ2v) is 4.48. The van der Waals surface area contributed by atoms with Gasteiger partial charge in [-0.3, -0.25) is 4.79 Å². The van der Waals surface area contributed by atoms with Crippen LogP contribution in [-0.2, 0) is 6.18 Å². The number of halogens is 3. The molecule has 1 fully saturated rings. The van der Waals surface area contributed by atoms with Gasteiger partial charge in [0, 0.05) is 18.7 Å². The molecule has 0 saturated carbocycles. The molecule has 0 aromatic heterocycles. The fraction of sp³-hybridized carbons (Fsp3) is 0.385.